The van der Waals surface area contributed by atoms with Crippen molar-refractivity contribution in [3.05, 3.63) is 42.2 Å². The number of pyridine rings is 1. The van der Waals surface area contributed by atoms with E-state index in [1.165, 1.54) is 0 Å². The maximum atomic E-state index is 12.0. The largest absolute Gasteiger partial charge is 0.371 e. The lowest BCUT2D eigenvalue weighted by Gasteiger charge is -2.10. The molecule has 8 heteroatoms. The minimum absolute atomic E-state index is 0.0575. The Morgan fingerprint density at radius 3 is 2.87 bits per heavy atom. The van der Waals surface area contributed by atoms with Gasteiger partial charge in [-0.25, -0.2) is 9.97 Å². The second-order valence-corrected chi connectivity index (χ2v) is 7.74. The Morgan fingerprint density at radius 1 is 1.27 bits per heavy atom. The lowest BCUT2D eigenvalue weighted by atomic mass is 10.1. The molecule has 3 heterocycles. The molecule has 1 amide bonds. The van der Waals surface area contributed by atoms with Gasteiger partial charge in [0.05, 0.1) is 11.8 Å². The molecule has 0 aliphatic rings. The summed E-state index contributed by atoms with van der Waals surface area (Å²) in [6.07, 6.45) is 2.30. The number of aromatic amines is 1. The number of anilines is 1. The summed E-state index contributed by atoms with van der Waals surface area (Å²) in [6.45, 7) is 1.25. The van der Waals surface area contributed by atoms with Crippen LogP contribution in [0.1, 0.15) is 12.0 Å². The number of carbonyl (C=O) groups excluding carboxylic acids is 1. The zero-order valence-electron chi connectivity index (χ0n) is 17.8. The molecule has 8 nitrogen and oxygen atoms in total. The zero-order chi connectivity index (χ0) is 21.3. The highest BCUT2D eigenvalue weighted by Gasteiger charge is 2.15. The quantitative estimate of drug-likeness (QED) is 0.440. The predicted octanol–water partition coefficient (Wildman–Crippen LogP) is 2.73. The monoisotopic (exact) mass is 405 g/mol. The fourth-order valence-electron chi connectivity index (χ4n) is 3.59. The van der Waals surface area contributed by atoms with Crippen LogP contribution in [-0.2, 0) is 18.4 Å². The van der Waals surface area contributed by atoms with Crippen LogP contribution in [0.3, 0.4) is 0 Å². The molecule has 0 saturated carbocycles. The molecular formula is C22H27N7O. The van der Waals surface area contributed by atoms with E-state index in [1.54, 1.807) is 6.33 Å². The number of carbonyl (C=O) groups is 1. The molecule has 4 rings (SSSR count). The van der Waals surface area contributed by atoms with Crippen molar-refractivity contribution in [2.75, 3.05) is 33.0 Å². The Balaban J connectivity index is 1.61. The molecule has 156 valence electrons. The van der Waals surface area contributed by atoms with Crippen molar-refractivity contribution in [2.45, 2.75) is 13.0 Å². The Kier molecular flexibility index (Phi) is 5.41. The summed E-state index contributed by atoms with van der Waals surface area (Å²) < 4.78 is 2.01. The number of nitrogens with one attached hydrogen (secondary N) is 3. The van der Waals surface area contributed by atoms with E-state index in [1.807, 2.05) is 49.8 Å². The van der Waals surface area contributed by atoms with Crippen molar-refractivity contribution in [3.63, 3.8) is 0 Å². The maximum Gasteiger partial charge on any atom is 0.221 e. The van der Waals surface area contributed by atoms with Crippen LogP contribution in [0.15, 0.2) is 36.7 Å². The molecule has 0 saturated heterocycles. The van der Waals surface area contributed by atoms with Crippen molar-refractivity contribution >= 4 is 33.8 Å². The first-order valence-electron chi connectivity index (χ1n) is 9.98. The van der Waals surface area contributed by atoms with Crippen LogP contribution in [0, 0.1) is 0 Å². The third-order valence-electron chi connectivity index (χ3n) is 5.19. The molecule has 4 aromatic rings. The second kappa shape index (κ2) is 8.16. The topological polar surface area (TPSA) is 90.9 Å². The average Bonchev–Trinajstić information content (AvgIpc) is 3.33. The number of aromatic nitrogens is 4. The van der Waals surface area contributed by atoms with E-state index in [0.717, 1.165) is 51.3 Å². The van der Waals surface area contributed by atoms with E-state index in [2.05, 4.69) is 38.8 Å². The van der Waals surface area contributed by atoms with Crippen LogP contribution in [0.25, 0.3) is 33.3 Å². The van der Waals surface area contributed by atoms with E-state index in [-0.39, 0.29) is 5.91 Å². The minimum atomic E-state index is 0.0575. The third kappa shape index (κ3) is 3.86. The standard InChI is InChI=1S/C22H27N7O/c1-23-22-19-20(29(4)13-25-19)16-11-17(26-21(16)27-22)15-7-5-6-14(10-15)12-24-18(30)8-9-28(2)3/h5-7,10-11,13H,8-9,12H2,1-4H3,(H,24,30)(H2,23,26,27). The molecule has 0 aliphatic carbocycles. The summed E-state index contributed by atoms with van der Waals surface area (Å²) in [5, 5.41) is 7.15. The Hall–Kier alpha value is -3.39. The van der Waals surface area contributed by atoms with Crippen LogP contribution in [-0.4, -0.2) is 58.0 Å². The van der Waals surface area contributed by atoms with Gasteiger partial charge in [-0.1, -0.05) is 18.2 Å². The number of benzene rings is 1. The van der Waals surface area contributed by atoms with Gasteiger partial charge in [0.1, 0.15) is 11.2 Å². The van der Waals surface area contributed by atoms with Gasteiger partial charge in [-0.3, -0.25) is 4.79 Å². The van der Waals surface area contributed by atoms with Gasteiger partial charge in [-0.05, 0) is 37.4 Å². The molecule has 1 aromatic carbocycles. The van der Waals surface area contributed by atoms with Gasteiger partial charge in [0.2, 0.25) is 5.91 Å². The van der Waals surface area contributed by atoms with Crippen molar-refractivity contribution in [3.8, 4) is 11.3 Å². The Morgan fingerprint density at radius 2 is 2.10 bits per heavy atom. The van der Waals surface area contributed by atoms with Gasteiger partial charge < -0.3 is 25.1 Å². The minimum Gasteiger partial charge on any atom is -0.371 e. The number of hydrogen-bond donors (Lipinski definition) is 3. The lowest BCUT2D eigenvalue weighted by Crippen LogP contribution is -2.26. The highest BCUT2D eigenvalue weighted by atomic mass is 16.1. The summed E-state index contributed by atoms with van der Waals surface area (Å²) in [6, 6.07) is 10.3. The first kappa shape index (κ1) is 19.9. The Bertz CT molecular complexity index is 1210. The average molecular weight is 406 g/mol. The molecule has 30 heavy (non-hydrogen) atoms. The molecule has 3 aromatic heterocycles. The summed E-state index contributed by atoms with van der Waals surface area (Å²) in [5.41, 5.74) is 5.79. The number of H-pyrrole nitrogens is 1. The van der Waals surface area contributed by atoms with Crippen molar-refractivity contribution in [2.24, 2.45) is 7.05 Å². The predicted molar refractivity (Wildman–Crippen MR) is 120 cm³/mol. The van der Waals surface area contributed by atoms with E-state index in [0.29, 0.717) is 13.0 Å². The zero-order valence-corrected chi connectivity index (χ0v) is 17.8. The number of fused-ring (bicyclic) bond motifs is 3. The second-order valence-electron chi connectivity index (χ2n) is 7.74. The molecule has 0 bridgehead atoms. The first-order valence-corrected chi connectivity index (χ1v) is 9.98. The molecule has 0 aliphatic heterocycles. The van der Waals surface area contributed by atoms with Crippen molar-refractivity contribution < 1.29 is 4.79 Å². The smallest absolute Gasteiger partial charge is 0.221 e. The third-order valence-corrected chi connectivity index (χ3v) is 5.19. The first-order chi connectivity index (χ1) is 14.5. The number of hydrogen-bond acceptors (Lipinski definition) is 5. The van der Waals surface area contributed by atoms with Crippen LogP contribution >= 0.6 is 0 Å². The number of nitrogens with zero attached hydrogens (tertiary/aromatic N) is 4. The molecule has 0 fully saturated rings. The summed E-state index contributed by atoms with van der Waals surface area (Å²) in [4.78, 5) is 26.6. The van der Waals surface area contributed by atoms with Crippen molar-refractivity contribution in [1.82, 2.24) is 29.7 Å². The molecule has 0 unspecified atom stereocenters. The lowest BCUT2D eigenvalue weighted by molar-refractivity contribution is -0.121. The van der Waals surface area contributed by atoms with Gasteiger partial charge in [-0.15, -0.1) is 0 Å². The molecule has 0 spiro atoms. The van der Waals surface area contributed by atoms with Crippen molar-refractivity contribution in [1.29, 1.82) is 0 Å². The molecule has 3 N–H and O–H groups in total. The van der Waals surface area contributed by atoms with E-state index >= 15 is 0 Å². The van der Waals surface area contributed by atoms with E-state index in [9.17, 15) is 4.79 Å². The normalized spacial score (nSPS) is 11.5. The van der Waals surface area contributed by atoms with Crippen LogP contribution in [0.2, 0.25) is 0 Å². The molecular weight excluding hydrogens is 378 g/mol. The van der Waals surface area contributed by atoms with Crippen LogP contribution < -0.4 is 10.6 Å². The SMILES string of the molecule is CNc1nc2[nH]c(-c3cccc(CNC(=O)CCN(C)C)c3)cc2c2c1ncn2C. The van der Waals surface area contributed by atoms with Gasteiger partial charge in [0.15, 0.2) is 5.82 Å². The molecule has 0 radical (unpaired) electrons. The molecule has 0 atom stereocenters. The highest BCUT2D eigenvalue weighted by molar-refractivity contribution is 6.07. The summed E-state index contributed by atoms with van der Waals surface area (Å²) >= 11 is 0. The van der Waals surface area contributed by atoms with E-state index < -0.39 is 0 Å². The summed E-state index contributed by atoms with van der Waals surface area (Å²) in [7, 11) is 7.76. The number of amides is 1. The van der Waals surface area contributed by atoms with Gasteiger partial charge in [0.25, 0.3) is 0 Å². The number of rotatable bonds is 7. The number of imidazole rings is 1. The van der Waals surface area contributed by atoms with Gasteiger partial charge >= 0.3 is 0 Å². The Labute approximate surface area is 175 Å². The number of aryl methyl sites for hydroxylation is 1. The fourth-order valence-corrected chi connectivity index (χ4v) is 3.59. The summed E-state index contributed by atoms with van der Waals surface area (Å²) in [5.74, 6) is 0.808. The van der Waals surface area contributed by atoms with Gasteiger partial charge in [0, 0.05) is 44.7 Å². The van der Waals surface area contributed by atoms with E-state index in [4.69, 9.17) is 4.98 Å². The van der Waals surface area contributed by atoms with Gasteiger partial charge in [-0.2, -0.15) is 0 Å². The maximum absolute atomic E-state index is 12.0. The fraction of sp³-hybridized carbons (Fsp3) is 0.318. The van der Waals surface area contributed by atoms with Crippen LogP contribution in [0.5, 0.6) is 0 Å². The van der Waals surface area contributed by atoms with Crippen LogP contribution in [0.4, 0.5) is 5.82 Å². The highest BCUT2D eigenvalue weighted by Crippen LogP contribution is 2.31.